The Bertz CT molecular complexity index is 401. The van der Waals surface area contributed by atoms with Crippen molar-refractivity contribution in [1.29, 1.82) is 0 Å². The SMILES string of the molecule is CC(N)C(=O)NCC1(C)Cc2ccccc2C1. The first kappa shape index (κ1) is 12.1. The zero-order chi connectivity index (χ0) is 12.5. The van der Waals surface area contributed by atoms with E-state index in [0.717, 1.165) is 12.8 Å². The van der Waals surface area contributed by atoms with Crippen molar-refractivity contribution in [2.24, 2.45) is 11.1 Å². The molecule has 3 heteroatoms. The van der Waals surface area contributed by atoms with Crippen molar-refractivity contribution >= 4 is 5.91 Å². The van der Waals surface area contributed by atoms with Crippen LogP contribution in [0.5, 0.6) is 0 Å². The molecule has 3 N–H and O–H groups in total. The number of amides is 1. The van der Waals surface area contributed by atoms with Crippen molar-refractivity contribution < 1.29 is 4.79 Å². The number of benzene rings is 1. The summed E-state index contributed by atoms with van der Waals surface area (Å²) in [4.78, 5) is 11.5. The molecule has 1 amide bonds. The van der Waals surface area contributed by atoms with E-state index >= 15 is 0 Å². The van der Waals surface area contributed by atoms with Gasteiger partial charge in [0.15, 0.2) is 0 Å². The highest BCUT2D eigenvalue weighted by Crippen LogP contribution is 2.35. The maximum absolute atomic E-state index is 11.5. The first-order chi connectivity index (χ1) is 8.00. The lowest BCUT2D eigenvalue weighted by Crippen LogP contribution is -2.43. The monoisotopic (exact) mass is 232 g/mol. The molecule has 1 unspecified atom stereocenters. The van der Waals surface area contributed by atoms with Gasteiger partial charge in [0.1, 0.15) is 0 Å². The highest BCUT2D eigenvalue weighted by Gasteiger charge is 2.32. The molecule has 0 saturated heterocycles. The third-order valence-corrected chi connectivity index (χ3v) is 3.46. The Kier molecular flexibility index (Phi) is 3.20. The largest absolute Gasteiger partial charge is 0.354 e. The Morgan fingerprint density at radius 2 is 1.94 bits per heavy atom. The molecule has 3 nitrogen and oxygen atoms in total. The summed E-state index contributed by atoms with van der Waals surface area (Å²) in [6, 6.07) is 8.07. The van der Waals surface area contributed by atoms with E-state index in [-0.39, 0.29) is 11.3 Å². The van der Waals surface area contributed by atoms with Gasteiger partial charge in [-0.05, 0) is 36.3 Å². The molecule has 0 aromatic heterocycles. The number of nitrogens with two attached hydrogens (primary N) is 1. The Morgan fingerprint density at radius 3 is 2.41 bits per heavy atom. The summed E-state index contributed by atoms with van der Waals surface area (Å²) in [5.74, 6) is -0.0674. The van der Waals surface area contributed by atoms with Gasteiger partial charge in [-0.3, -0.25) is 4.79 Å². The summed E-state index contributed by atoms with van der Waals surface area (Å²) in [6.45, 7) is 4.62. The molecule has 92 valence electrons. The minimum Gasteiger partial charge on any atom is -0.354 e. The fraction of sp³-hybridized carbons (Fsp3) is 0.500. The van der Waals surface area contributed by atoms with Crippen LogP contribution < -0.4 is 11.1 Å². The molecule has 0 fully saturated rings. The maximum atomic E-state index is 11.5. The van der Waals surface area contributed by atoms with Crippen LogP contribution in [0.15, 0.2) is 24.3 Å². The molecule has 1 aliphatic rings. The first-order valence-corrected chi connectivity index (χ1v) is 6.10. The number of fused-ring (bicyclic) bond motifs is 1. The normalized spacial score (nSPS) is 18.5. The van der Waals surface area contributed by atoms with Gasteiger partial charge in [-0.1, -0.05) is 31.2 Å². The van der Waals surface area contributed by atoms with Crippen molar-refractivity contribution in [3.05, 3.63) is 35.4 Å². The van der Waals surface area contributed by atoms with E-state index in [1.807, 2.05) is 0 Å². The number of nitrogens with one attached hydrogen (secondary N) is 1. The van der Waals surface area contributed by atoms with Crippen LogP contribution in [0.2, 0.25) is 0 Å². The summed E-state index contributed by atoms with van der Waals surface area (Å²) in [7, 11) is 0. The maximum Gasteiger partial charge on any atom is 0.236 e. The first-order valence-electron chi connectivity index (χ1n) is 6.10. The predicted octanol–water partition coefficient (Wildman–Crippen LogP) is 1.25. The van der Waals surface area contributed by atoms with Crippen LogP contribution in [0.25, 0.3) is 0 Å². The third-order valence-electron chi connectivity index (χ3n) is 3.46. The molecule has 1 atom stereocenters. The van der Waals surface area contributed by atoms with Gasteiger partial charge in [-0.2, -0.15) is 0 Å². The van der Waals surface area contributed by atoms with Gasteiger partial charge in [0, 0.05) is 6.54 Å². The summed E-state index contributed by atoms with van der Waals surface area (Å²) in [5.41, 5.74) is 8.48. The smallest absolute Gasteiger partial charge is 0.236 e. The van der Waals surface area contributed by atoms with E-state index in [1.54, 1.807) is 6.92 Å². The molecule has 0 heterocycles. The number of carbonyl (C=O) groups is 1. The second-order valence-corrected chi connectivity index (χ2v) is 5.44. The molecule has 1 aliphatic carbocycles. The van der Waals surface area contributed by atoms with Crippen molar-refractivity contribution in [2.75, 3.05) is 6.54 Å². The van der Waals surface area contributed by atoms with Crippen LogP contribution in [0.1, 0.15) is 25.0 Å². The van der Waals surface area contributed by atoms with Crippen LogP contribution in [0.4, 0.5) is 0 Å². The highest BCUT2D eigenvalue weighted by molar-refractivity contribution is 5.81. The third kappa shape index (κ3) is 2.67. The van der Waals surface area contributed by atoms with Crippen LogP contribution in [-0.4, -0.2) is 18.5 Å². The van der Waals surface area contributed by atoms with Crippen LogP contribution in [-0.2, 0) is 17.6 Å². The lowest BCUT2D eigenvalue weighted by molar-refractivity contribution is -0.122. The van der Waals surface area contributed by atoms with Crippen molar-refractivity contribution in [3.8, 4) is 0 Å². The van der Waals surface area contributed by atoms with Gasteiger partial charge < -0.3 is 11.1 Å². The lowest BCUT2D eigenvalue weighted by Gasteiger charge is -2.24. The van der Waals surface area contributed by atoms with Gasteiger partial charge >= 0.3 is 0 Å². The van der Waals surface area contributed by atoms with Crippen LogP contribution in [0, 0.1) is 5.41 Å². The van der Waals surface area contributed by atoms with Crippen LogP contribution in [0.3, 0.4) is 0 Å². The minimum absolute atomic E-state index is 0.0674. The zero-order valence-corrected chi connectivity index (χ0v) is 10.5. The fourth-order valence-corrected chi connectivity index (χ4v) is 2.47. The molecule has 0 aliphatic heterocycles. The Hall–Kier alpha value is -1.35. The molecule has 0 bridgehead atoms. The number of hydrogen-bond donors (Lipinski definition) is 2. The van der Waals surface area contributed by atoms with Crippen molar-refractivity contribution in [3.63, 3.8) is 0 Å². The molecule has 17 heavy (non-hydrogen) atoms. The predicted molar refractivity (Wildman–Crippen MR) is 68.6 cm³/mol. The van der Waals surface area contributed by atoms with Gasteiger partial charge in [-0.15, -0.1) is 0 Å². The second-order valence-electron chi connectivity index (χ2n) is 5.44. The minimum atomic E-state index is -0.428. The molecular weight excluding hydrogens is 212 g/mol. The molecule has 1 aromatic rings. The molecule has 0 saturated carbocycles. The quantitative estimate of drug-likeness (QED) is 0.824. The van der Waals surface area contributed by atoms with E-state index in [1.165, 1.54) is 11.1 Å². The molecule has 0 spiro atoms. The van der Waals surface area contributed by atoms with E-state index in [0.29, 0.717) is 6.54 Å². The number of carbonyl (C=O) groups excluding carboxylic acids is 1. The second kappa shape index (κ2) is 4.49. The Balaban J connectivity index is 1.98. The number of hydrogen-bond acceptors (Lipinski definition) is 2. The standard InChI is InChI=1S/C14H20N2O/c1-10(15)13(17)16-9-14(2)7-11-5-3-4-6-12(11)8-14/h3-6,10H,7-9,15H2,1-2H3,(H,16,17). The molecule has 0 radical (unpaired) electrons. The van der Waals surface area contributed by atoms with Gasteiger partial charge in [-0.25, -0.2) is 0 Å². The Morgan fingerprint density at radius 1 is 1.41 bits per heavy atom. The summed E-state index contributed by atoms with van der Waals surface area (Å²) in [6.07, 6.45) is 2.06. The van der Waals surface area contributed by atoms with E-state index in [2.05, 4.69) is 36.5 Å². The fourth-order valence-electron chi connectivity index (χ4n) is 2.47. The summed E-state index contributed by atoms with van der Waals surface area (Å²) in [5, 5.41) is 2.94. The van der Waals surface area contributed by atoms with Crippen molar-refractivity contribution in [2.45, 2.75) is 32.7 Å². The average Bonchev–Trinajstić information content (AvgIpc) is 2.62. The van der Waals surface area contributed by atoms with Gasteiger partial charge in [0.2, 0.25) is 5.91 Å². The number of rotatable bonds is 3. The van der Waals surface area contributed by atoms with Crippen molar-refractivity contribution in [1.82, 2.24) is 5.32 Å². The zero-order valence-electron chi connectivity index (χ0n) is 10.5. The van der Waals surface area contributed by atoms with Gasteiger partial charge in [0.25, 0.3) is 0 Å². The summed E-state index contributed by atoms with van der Waals surface area (Å²) >= 11 is 0. The van der Waals surface area contributed by atoms with Gasteiger partial charge in [0.05, 0.1) is 6.04 Å². The van der Waals surface area contributed by atoms with E-state index < -0.39 is 6.04 Å². The highest BCUT2D eigenvalue weighted by atomic mass is 16.2. The molecule has 1 aromatic carbocycles. The van der Waals surface area contributed by atoms with E-state index in [4.69, 9.17) is 5.73 Å². The summed E-state index contributed by atoms with van der Waals surface area (Å²) < 4.78 is 0. The molecular formula is C14H20N2O. The topological polar surface area (TPSA) is 55.1 Å². The lowest BCUT2D eigenvalue weighted by atomic mass is 9.87. The Labute approximate surface area is 102 Å². The van der Waals surface area contributed by atoms with Crippen LogP contribution >= 0.6 is 0 Å². The van der Waals surface area contributed by atoms with E-state index in [9.17, 15) is 4.79 Å². The molecule has 2 rings (SSSR count). The average molecular weight is 232 g/mol.